The molecule has 324 valence electrons. The van der Waals surface area contributed by atoms with Crippen LogP contribution in [0.15, 0.2) is 227 Å². The second-order valence-corrected chi connectivity index (χ2v) is 19.0. The fourth-order valence-electron chi connectivity index (χ4n) is 12.3. The fourth-order valence-corrected chi connectivity index (χ4v) is 12.3. The average molecular weight is 882 g/mol. The third-order valence-electron chi connectivity index (χ3n) is 15.4. The van der Waals surface area contributed by atoms with Gasteiger partial charge in [-0.05, 0) is 99.0 Å². The van der Waals surface area contributed by atoms with Crippen LogP contribution < -0.4 is 0 Å². The quantitative estimate of drug-likeness (QED) is 0.174. The summed E-state index contributed by atoms with van der Waals surface area (Å²) in [5.41, 5.74) is 18.3. The molecule has 10 aromatic carbocycles. The molecule has 3 aliphatic rings. The van der Waals surface area contributed by atoms with Crippen LogP contribution in [0.3, 0.4) is 0 Å². The molecule has 1 aliphatic carbocycles. The Bertz CT molecular complexity index is 4250. The highest BCUT2D eigenvalue weighted by molar-refractivity contribution is 6.26. The predicted octanol–water partition coefficient (Wildman–Crippen LogP) is 16.5. The van der Waals surface area contributed by atoms with Gasteiger partial charge < -0.3 is 8.98 Å². The zero-order chi connectivity index (χ0) is 45.2. The second-order valence-electron chi connectivity index (χ2n) is 19.0. The minimum Gasteiger partial charge on any atom is -0.456 e. The highest BCUT2D eigenvalue weighted by atomic mass is 16.3. The Labute approximate surface area is 398 Å². The Morgan fingerprint density at radius 1 is 0.464 bits per heavy atom. The minimum atomic E-state index is -0.0680. The average Bonchev–Trinajstić information content (AvgIpc) is 3.86. The zero-order valence-corrected chi connectivity index (χ0v) is 37.7. The van der Waals surface area contributed by atoms with E-state index in [4.69, 9.17) is 14.4 Å². The van der Waals surface area contributed by atoms with Crippen LogP contribution in [-0.4, -0.2) is 16.1 Å². The summed E-state index contributed by atoms with van der Waals surface area (Å²) in [7, 11) is 0. The first-order chi connectivity index (χ1) is 34.2. The molecule has 4 nitrogen and oxygen atoms in total. The van der Waals surface area contributed by atoms with Gasteiger partial charge in [0.05, 0.1) is 28.1 Å². The van der Waals surface area contributed by atoms with Crippen molar-refractivity contribution in [2.24, 2.45) is 9.98 Å². The molecule has 4 heteroatoms. The number of aliphatic imine (C=N–C) groups is 2. The molecule has 2 unspecified atom stereocenters. The van der Waals surface area contributed by atoms with E-state index in [2.05, 4.69) is 217 Å². The van der Waals surface area contributed by atoms with Crippen molar-refractivity contribution in [2.45, 2.75) is 31.1 Å². The second kappa shape index (κ2) is 15.0. The largest absolute Gasteiger partial charge is 0.456 e. The lowest BCUT2D eigenvalue weighted by atomic mass is 9.81. The molecule has 0 saturated heterocycles. The van der Waals surface area contributed by atoms with Crippen molar-refractivity contribution in [3.05, 3.63) is 251 Å². The molecule has 0 saturated carbocycles. The van der Waals surface area contributed by atoms with E-state index >= 15 is 0 Å². The summed E-state index contributed by atoms with van der Waals surface area (Å²) in [6.07, 6.45) is 4.95. The van der Waals surface area contributed by atoms with Gasteiger partial charge in [0.15, 0.2) is 5.84 Å². The molecule has 0 fully saturated rings. The molecule has 2 aliphatic heterocycles. The fraction of sp³-hybridized carbons (Fsp3) is 0.0769. The van der Waals surface area contributed by atoms with Crippen LogP contribution in [0.25, 0.3) is 87.8 Å². The van der Waals surface area contributed by atoms with Gasteiger partial charge in [0.2, 0.25) is 0 Å². The Kier molecular flexibility index (Phi) is 8.34. The standard InChI is InChI=1S/C65H43N3O/c1-2-17-41-38-56-42(37-40(41)16-1)31-32-49(44-20-5-6-21-45(44)56)61-54(34-33-52-48-24-9-12-30-60(48)69-64(52)61)57-36-35-50-46-22-7-10-28-58(46)68-59-29-11-8-23-47(59)51-25-14-27-55(63(51)68)62(50)67-65(66-57)53-26-13-18-39-15-3-4-19-43(39)53/h1-30,33-34,36-38,49-50H,31-32,35H2. The van der Waals surface area contributed by atoms with Gasteiger partial charge in [0.25, 0.3) is 0 Å². The van der Waals surface area contributed by atoms with Gasteiger partial charge in [-0.2, -0.15) is 0 Å². The molecule has 4 heterocycles. The van der Waals surface area contributed by atoms with E-state index < -0.39 is 0 Å². The number of para-hydroxylation sites is 4. The number of fused-ring (bicyclic) bond motifs is 16. The van der Waals surface area contributed by atoms with Crippen LogP contribution in [0.5, 0.6) is 0 Å². The molecule has 0 radical (unpaired) electrons. The maximum Gasteiger partial charge on any atom is 0.160 e. The van der Waals surface area contributed by atoms with E-state index in [0.29, 0.717) is 12.3 Å². The third kappa shape index (κ3) is 5.76. The SMILES string of the molecule is C1=C(c2ccc3c(oc4ccccc43)c2C2CCc3cc4ccccc4cc3-c3ccccc32)N=C(c2cccc3ccccc23)N=C2c3cccc4c5ccccc5n(c34)-c3ccccc3C2C1. The van der Waals surface area contributed by atoms with Gasteiger partial charge in [0.1, 0.15) is 11.2 Å². The smallest absolute Gasteiger partial charge is 0.160 e. The molecular weight excluding hydrogens is 839 g/mol. The summed E-state index contributed by atoms with van der Waals surface area (Å²) in [5, 5.41) is 9.53. The number of benzene rings is 10. The summed E-state index contributed by atoms with van der Waals surface area (Å²) in [6.45, 7) is 0. The number of aryl methyl sites for hydroxylation is 1. The minimum absolute atomic E-state index is 0.00738. The Hall–Kier alpha value is -8.60. The van der Waals surface area contributed by atoms with Crippen LogP contribution >= 0.6 is 0 Å². The monoisotopic (exact) mass is 881 g/mol. The molecule has 15 rings (SSSR count). The molecule has 0 N–H and O–H groups in total. The summed E-state index contributed by atoms with van der Waals surface area (Å²) >= 11 is 0. The summed E-state index contributed by atoms with van der Waals surface area (Å²) in [4.78, 5) is 11.8. The maximum absolute atomic E-state index is 7.13. The summed E-state index contributed by atoms with van der Waals surface area (Å²) in [6, 6.07) is 75.5. The lowest BCUT2D eigenvalue weighted by Gasteiger charge is -2.25. The van der Waals surface area contributed by atoms with E-state index in [-0.39, 0.29) is 11.8 Å². The van der Waals surface area contributed by atoms with Crippen molar-refractivity contribution >= 4 is 82.5 Å². The molecule has 0 amide bonds. The van der Waals surface area contributed by atoms with Crippen LogP contribution in [0.4, 0.5) is 0 Å². The number of amidine groups is 1. The summed E-state index contributed by atoms with van der Waals surface area (Å²) in [5.74, 6) is 0.641. The number of furan rings is 1. The van der Waals surface area contributed by atoms with Crippen molar-refractivity contribution in [2.75, 3.05) is 0 Å². The van der Waals surface area contributed by atoms with E-state index in [0.717, 1.165) is 73.7 Å². The van der Waals surface area contributed by atoms with E-state index in [1.54, 1.807) is 0 Å². The molecule has 0 bridgehead atoms. The van der Waals surface area contributed by atoms with Crippen molar-refractivity contribution in [3.8, 4) is 16.8 Å². The topological polar surface area (TPSA) is 42.8 Å². The van der Waals surface area contributed by atoms with Gasteiger partial charge in [-0.3, -0.25) is 0 Å². The lowest BCUT2D eigenvalue weighted by molar-refractivity contribution is 0.646. The van der Waals surface area contributed by atoms with Gasteiger partial charge >= 0.3 is 0 Å². The predicted molar refractivity (Wildman–Crippen MR) is 286 cm³/mol. The van der Waals surface area contributed by atoms with E-state index in [1.807, 2.05) is 0 Å². The van der Waals surface area contributed by atoms with Crippen LogP contribution in [0.2, 0.25) is 0 Å². The first kappa shape index (κ1) is 38.5. The summed E-state index contributed by atoms with van der Waals surface area (Å²) < 4.78 is 9.61. The lowest BCUT2D eigenvalue weighted by Crippen LogP contribution is -2.18. The van der Waals surface area contributed by atoms with Crippen LogP contribution in [0, 0.1) is 0 Å². The number of allylic oxidation sites excluding steroid dienone is 1. The third-order valence-corrected chi connectivity index (χ3v) is 15.4. The first-order valence-corrected chi connectivity index (χ1v) is 24.3. The zero-order valence-electron chi connectivity index (χ0n) is 37.7. The van der Waals surface area contributed by atoms with Crippen molar-refractivity contribution in [1.29, 1.82) is 0 Å². The molecule has 2 aromatic heterocycles. The number of aromatic nitrogens is 1. The maximum atomic E-state index is 7.13. The number of rotatable bonds is 3. The molecular formula is C65H43N3O. The Morgan fingerprint density at radius 2 is 1.14 bits per heavy atom. The highest BCUT2D eigenvalue weighted by Gasteiger charge is 2.34. The van der Waals surface area contributed by atoms with E-state index in [9.17, 15) is 0 Å². The van der Waals surface area contributed by atoms with Crippen molar-refractivity contribution < 1.29 is 4.42 Å². The Morgan fingerprint density at radius 3 is 2.06 bits per heavy atom. The van der Waals surface area contributed by atoms with Crippen molar-refractivity contribution in [3.63, 3.8) is 0 Å². The number of nitrogens with zero attached hydrogens (tertiary/aromatic N) is 3. The molecule has 12 aromatic rings. The molecule has 0 spiro atoms. The van der Waals surface area contributed by atoms with Gasteiger partial charge in [-0.1, -0.05) is 182 Å². The highest BCUT2D eigenvalue weighted by Crippen LogP contribution is 2.49. The number of hydrogen-bond acceptors (Lipinski definition) is 3. The van der Waals surface area contributed by atoms with Gasteiger partial charge in [-0.15, -0.1) is 0 Å². The van der Waals surface area contributed by atoms with Crippen LogP contribution in [-0.2, 0) is 6.42 Å². The van der Waals surface area contributed by atoms with Gasteiger partial charge in [-0.25, -0.2) is 9.98 Å². The van der Waals surface area contributed by atoms with E-state index in [1.165, 1.54) is 71.6 Å². The first-order valence-electron chi connectivity index (χ1n) is 24.3. The Balaban J connectivity index is 1.02. The molecule has 69 heavy (non-hydrogen) atoms. The van der Waals surface area contributed by atoms with Crippen LogP contribution in [0.1, 0.15) is 63.6 Å². The van der Waals surface area contributed by atoms with Crippen molar-refractivity contribution in [1.82, 2.24) is 4.57 Å². The molecule has 2 atom stereocenters. The normalized spacial score (nSPS) is 16.5. The number of hydrogen-bond donors (Lipinski definition) is 0. The van der Waals surface area contributed by atoms with Gasteiger partial charge in [0, 0.05) is 55.6 Å².